The first-order chi connectivity index (χ1) is 8.69. The van der Waals surface area contributed by atoms with E-state index in [9.17, 15) is 0 Å². The van der Waals surface area contributed by atoms with Crippen LogP contribution in [0.15, 0.2) is 12.1 Å². The van der Waals surface area contributed by atoms with Gasteiger partial charge in [-0.2, -0.15) is 5.26 Å². The third-order valence-corrected chi connectivity index (χ3v) is 4.42. The number of nitrogens with one attached hydrogen (secondary N) is 1. The summed E-state index contributed by atoms with van der Waals surface area (Å²) in [7, 11) is 4.37. The van der Waals surface area contributed by atoms with Crippen molar-refractivity contribution in [2.24, 2.45) is 0 Å². The average molecular weight is 264 g/mol. The molecule has 1 aliphatic rings. The van der Waals surface area contributed by atoms with Gasteiger partial charge < -0.3 is 10.2 Å². The molecule has 0 spiro atoms. The lowest BCUT2D eigenvalue weighted by Crippen LogP contribution is -2.53. The van der Waals surface area contributed by atoms with Crippen molar-refractivity contribution in [1.82, 2.24) is 15.1 Å². The molecule has 0 radical (unpaired) electrons. The zero-order valence-corrected chi connectivity index (χ0v) is 11.8. The molecule has 1 unspecified atom stereocenters. The van der Waals surface area contributed by atoms with Crippen LogP contribution in [0, 0.1) is 11.3 Å². The van der Waals surface area contributed by atoms with Crippen LogP contribution >= 0.6 is 11.3 Å². The zero-order valence-electron chi connectivity index (χ0n) is 11.0. The summed E-state index contributed by atoms with van der Waals surface area (Å²) in [4.78, 5) is 6.83. The lowest BCUT2D eigenvalue weighted by atomic mass is 10.2. The molecule has 0 saturated carbocycles. The van der Waals surface area contributed by atoms with Crippen molar-refractivity contribution < 1.29 is 0 Å². The molecule has 1 atom stereocenters. The van der Waals surface area contributed by atoms with Gasteiger partial charge in [0.1, 0.15) is 10.9 Å². The Balaban J connectivity index is 1.76. The lowest BCUT2D eigenvalue weighted by Gasteiger charge is -2.37. The summed E-state index contributed by atoms with van der Waals surface area (Å²) in [5.41, 5.74) is 0. The Hall–Kier alpha value is -0.930. The van der Waals surface area contributed by atoms with Crippen LogP contribution in [0.3, 0.4) is 0 Å². The quantitative estimate of drug-likeness (QED) is 0.879. The Morgan fingerprint density at radius 2 is 2.28 bits per heavy atom. The molecule has 5 heteroatoms. The summed E-state index contributed by atoms with van der Waals surface area (Å²) in [5, 5.41) is 12.3. The molecular formula is C13H20N4S. The highest BCUT2D eigenvalue weighted by atomic mass is 32.1. The number of hydrogen-bond acceptors (Lipinski definition) is 5. The molecule has 2 rings (SSSR count). The summed E-state index contributed by atoms with van der Waals surface area (Å²) in [5.74, 6) is 0. The van der Waals surface area contributed by atoms with Gasteiger partial charge in [0, 0.05) is 43.6 Å². The minimum Gasteiger partial charge on any atom is -0.310 e. The predicted molar refractivity (Wildman–Crippen MR) is 74.7 cm³/mol. The Kier molecular flexibility index (Phi) is 4.72. The van der Waals surface area contributed by atoms with E-state index in [2.05, 4.69) is 35.3 Å². The topological polar surface area (TPSA) is 42.3 Å². The second kappa shape index (κ2) is 6.30. The van der Waals surface area contributed by atoms with Crippen LogP contribution < -0.4 is 5.32 Å². The molecule has 1 aromatic heterocycles. The number of piperazine rings is 1. The van der Waals surface area contributed by atoms with Gasteiger partial charge in [0.05, 0.1) is 0 Å². The molecule has 1 N–H and O–H groups in total. The van der Waals surface area contributed by atoms with Crippen molar-refractivity contribution in [1.29, 1.82) is 5.26 Å². The molecule has 18 heavy (non-hydrogen) atoms. The maximum Gasteiger partial charge on any atom is 0.110 e. The van der Waals surface area contributed by atoms with E-state index in [0.29, 0.717) is 6.04 Å². The molecule has 0 amide bonds. The molecule has 0 aromatic carbocycles. The van der Waals surface area contributed by atoms with Gasteiger partial charge in [0.25, 0.3) is 0 Å². The minimum atomic E-state index is 0.583. The molecular weight excluding hydrogens is 244 g/mol. The van der Waals surface area contributed by atoms with E-state index in [1.54, 1.807) is 11.3 Å². The highest BCUT2D eigenvalue weighted by molar-refractivity contribution is 7.12. The second-order valence-corrected chi connectivity index (χ2v) is 6.07. The normalized spacial score (nSPS) is 21.9. The van der Waals surface area contributed by atoms with E-state index in [4.69, 9.17) is 5.26 Å². The van der Waals surface area contributed by atoms with Crippen molar-refractivity contribution in [2.75, 3.05) is 40.3 Å². The van der Waals surface area contributed by atoms with E-state index < -0.39 is 0 Å². The molecule has 1 aromatic rings. The fraction of sp³-hybridized carbons (Fsp3) is 0.615. The molecule has 1 fully saturated rings. The van der Waals surface area contributed by atoms with Crippen molar-refractivity contribution in [3.05, 3.63) is 21.9 Å². The van der Waals surface area contributed by atoms with E-state index in [0.717, 1.165) is 37.6 Å². The third kappa shape index (κ3) is 3.53. The SMILES string of the molecule is CN1CCN(C)C(CNCc2ccc(C#N)s2)C1. The molecule has 98 valence electrons. The van der Waals surface area contributed by atoms with Crippen LogP contribution in [0.4, 0.5) is 0 Å². The minimum absolute atomic E-state index is 0.583. The molecule has 1 aliphatic heterocycles. The first-order valence-corrected chi connectivity index (χ1v) is 7.09. The molecule has 0 aliphatic carbocycles. The Morgan fingerprint density at radius 3 is 3.00 bits per heavy atom. The smallest absolute Gasteiger partial charge is 0.110 e. The van der Waals surface area contributed by atoms with Gasteiger partial charge in [0.15, 0.2) is 0 Å². The maximum atomic E-state index is 8.77. The highest BCUT2D eigenvalue weighted by Crippen LogP contribution is 2.15. The zero-order chi connectivity index (χ0) is 13.0. The monoisotopic (exact) mass is 264 g/mol. The Morgan fingerprint density at radius 1 is 1.44 bits per heavy atom. The van der Waals surface area contributed by atoms with Crippen LogP contribution in [0.25, 0.3) is 0 Å². The highest BCUT2D eigenvalue weighted by Gasteiger charge is 2.21. The van der Waals surface area contributed by atoms with Crippen molar-refractivity contribution in [3.63, 3.8) is 0 Å². The molecule has 2 heterocycles. The number of thiophene rings is 1. The van der Waals surface area contributed by atoms with E-state index >= 15 is 0 Å². The van der Waals surface area contributed by atoms with E-state index in [1.807, 2.05) is 12.1 Å². The van der Waals surface area contributed by atoms with Crippen molar-refractivity contribution in [2.45, 2.75) is 12.6 Å². The Bertz CT molecular complexity index is 423. The maximum absolute atomic E-state index is 8.77. The lowest BCUT2D eigenvalue weighted by molar-refractivity contribution is 0.113. The second-order valence-electron chi connectivity index (χ2n) is 4.91. The van der Waals surface area contributed by atoms with E-state index in [1.165, 1.54) is 4.88 Å². The van der Waals surface area contributed by atoms with Crippen molar-refractivity contribution in [3.8, 4) is 6.07 Å². The fourth-order valence-corrected chi connectivity index (χ4v) is 2.99. The first-order valence-electron chi connectivity index (χ1n) is 6.27. The van der Waals surface area contributed by atoms with Gasteiger partial charge in [-0.05, 0) is 26.2 Å². The Labute approximate surface area is 113 Å². The van der Waals surface area contributed by atoms with Gasteiger partial charge in [-0.3, -0.25) is 4.90 Å². The van der Waals surface area contributed by atoms with Crippen LogP contribution in [0.5, 0.6) is 0 Å². The fourth-order valence-electron chi connectivity index (χ4n) is 2.22. The number of likely N-dealkylation sites (N-methyl/N-ethyl adjacent to an activating group) is 2. The number of nitriles is 1. The van der Waals surface area contributed by atoms with Crippen LogP contribution in [-0.2, 0) is 6.54 Å². The van der Waals surface area contributed by atoms with Crippen molar-refractivity contribution >= 4 is 11.3 Å². The largest absolute Gasteiger partial charge is 0.310 e. The van der Waals surface area contributed by atoms with Gasteiger partial charge in [0.2, 0.25) is 0 Å². The molecule has 1 saturated heterocycles. The standard InChI is InChI=1S/C13H20N4S/c1-16-5-6-17(2)11(10-16)8-15-9-13-4-3-12(7-14)18-13/h3-4,11,15H,5-6,8-10H2,1-2H3. The number of rotatable bonds is 4. The summed E-state index contributed by atoms with van der Waals surface area (Å²) in [6.07, 6.45) is 0. The molecule has 0 bridgehead atoms. The summed E-state index contributed by atoms with van der Waals surface area (Å²) in [6, 6.07) is 6.68. The van der Waals surface area contributed by atoms with Gasteiger partial charge >= 0.3 is 0 Å². The summed E-state index contributed by atoms with van der Waals surface area (Å²) >= 11 is 1.57. The average Bonchev–Trinajstić information content (AvgIpc) is 2.81. The number of hydrogen-bond donors (Lipinski definition) is 1. The van der Waals surface area contributed by atoms with Crippen LogP contribution in [0.1, 0.15) is 9.75 Å². The first kappa shape index (κ1) is 13.5. The van der Waals surface area contributed by atoms with Gasteiger partial charge in [-0.15, -0.1) is 11.3 Å². The van der Waals surface area contributed by atoms with Crippen LogP contribution in [-0.4, -0.2) is 56.1 Å². The third-order valence-electron chi connectivity index (χ3n) is 3.43. The summed E-state index contributed by atoms with van der Waals surface area (Å²) < 4.78 is 0. The van der Waals surface area contributed by atoms with E-state index in [-0.39, 0.29) is 0 Å². The van der Waals surface area contributed by atoms with Gasteiger partial charge in [-0.25, -0.2) is 0 Å². The van der Waals surface area contributed by atoms with Gasteiger partial charge in [-0.1, -0.05) is 0 Å². The van der Waals surface area contributed by atoms with Crippen LogP contribution in [0.2, 0.25) is 0 Å². The summed E-state index contributed by atoms with van der Waals surface area (Å²) in [6.45, 7) is 5.28. The molecule has 4 nitrogen and oxygen atoms in total. The predicted octanol–water partition coefficient (Wildman–Crippen LogP) is 0.955. The number of nitrogens with zero attached hydrogens (tertiary/aromatic N) is 3.